The molecule has 0 fully saturated rings. The summed E-state index contributed by atoms with van der Waals surface area (Å²) in [7, 11) is -4.58. The molecule has 0 aromatic heterocycles. The standard InChI is InChI=1S/C25H35O4P.Na/c1-14(2)18-9-20-11-21-10-19(15(3)4)13-23(17(7)8)25(21)29-30(26,27)28-24(20)22(12-18)16(5)6;/h9-10,12-17H,11H2,1-8H3,(H,26,27);/q;+1/p-1. The second kappa shape index (κ2) is 10.0. The molecule has 0 aliphatic carbocycles. The van der Waals surface area contributed by atoms with Gasteiger partial charge in [0.05, 0.1) is 0 Å². The van der Waals surface area contributed by atoms with Crippen LogP contribution in [-0.2, 0) is 11.0 Å². The van der Waals surface area contributed by atoms with Crippen molar-refractivity contribution in [1.29, 1.82) is 0 Å². The van der Waals surface area contributed by atoms with Crippen molar-refractivity contribution in [1.82, 2.24) is 0 Å². The van der Waals surface area contributed by atoms with Gasteiger partial charge in [0.2, 0.25) is 0 Å². The Morgan fingerprint density at radius 2 is 1.06 bits per heavy atom. The van der Waals surface area contributed by atoms with Gasteiger partial charge < -0.3 is 13.9 Å². The van der Waals surface area contributed by atoms with Crippen LogP contribution in [0.1, 0.15) is 112 Å². The molecule has 0 radical (unpaired) electrons. The first-order chi connectivity index (χ1) is 13.9. The number of rotatable bonds is 4. The fraction of sp³-hybridized carbons (Fsp3) is 0.520. The summed E-state index contributed by atoms with van der Waals surface area (Å²) in [5.74, 6) is 1.79. The molecular formula is C25H34NaO4P. The van der Waals surface area contributed by atoms with E-state index in [9.17, 15) is 9.46 Å². The Hall–Kier alpha value is -0.770. The molecule has 0 atom stereocenters. The van der Waals surface area contributed by atoms with Crippen molar-refractivity contribution in [2.75, 3.05) is 0 Å². The first kappa shape index (κ1) is 26.5. The smallest absolute Gasteiger partial charge is 0.736 e. The van der Waals surface area contributed by atoms with Crippen LogP contribution < -0.4 is 43.5 Å². The van der Waals surface area contributed by atoms with Gasteiger partial charge in [0, 0.05) is 6.42 Å². The first-order valence-corrected chi connectivity index (χ1v) is 12.4. The van der Waals surface area contributed by atoms with Crippen molar-refractivity contribution in [3.8, 4) is 11.5 Å². The summed E-state index contributed by atoms with van der Waals surface area (Å²) in [6, 6.07) is 8.33. The molecule has 0 bridgehead atoms. The summed E-state index contributed by atoms with van der Waals surface area (Å²) < 4.78 is 24.1. The quantitative estimate of drug-likeness (QED) is 0.520. The molecule has 0 amide bonds. The minimum absolute atomic E-state index is 0. The van der Waals surface area contributed by atoms with E-state index in [1.54, 1.807) is 0 Å². The number of phosphoric acid groups is 1. The minimum Gasteiger partial charge on any atom is -0.736 e. The zero-order chi connectivity index (χ0) is 22.4. The molecule has 4 nitrogen and oxygen atoms in total. The van der Waals surface area contributed by atoms with Crippen molar-refractivity contribution >= 4 is 7.82 Å². The third-order valence-corrected chi connectivity index (χ3v) is 6.61. The van der Waals surface area contributed by atoms with E-state index in [1.165, 1.54) is 11.1 Å². The Kier molecular flexibility index (Phi) is 8.55. The molecule has 0 saturated heterocycles. The van der Waals surface area contributed by atoms with Crippen molar-refractivity contribution in [3.05, 3.63) is 57.6 Å². The molecule has 0 saturated carbocycles. The van der Waals surface area contributed by atoms with Gasteiger partial charge in [-0.05, 0) is 57.1 Å². The van der Waals surface area contributed by atoms with E-state index in [0.29, 0.717) is 29.8 Å². The monoisotopic (exact) mass is 452 g/mol. The van der Waals surface area contributed by atoms with E-state index in [2.05, 4.69) is 79.7 Å². The van der Waals surface area contributed by atoms with Crippen LogP contribution in [0.4, 0.5) is 0 Å². The molecule has 0 spiro atoms. The normalized spacial score (nSPS) is 15.0. The van der Waals surface area contributed by atoms with Crippen molar-refractivity contribution in [2.24, 2.45) is 0 Å². The molecule has 6 heteroatoms. The minimum atomic E-state index is -4.58. The third-order valence-electron chi connectivity index (χ3n) is 5.80. The molecule has 1 heterocycles. The zero-order valence-electron chi connectivity index (χ0n) is 20.4. The molecule has 3 rings (SSSR count). The largest absolute Gasteiger partial charge is 1.00 e. The zero-order valence-corrected chi connectivity index (χ0v) is 23.3. The van der Waals surface area contributed by atoms with E-state index in [-0.39, 0.29) is 41.4 Å². The summed E-state index contributed by atoms with van der Waals surface area (Å²) in [6.45, 7) is 16.8. The van der Waals surface area contributed by atoms with Crippen LogP contribution in [0.3, 0.4) is 0 Å². The van der Waals surface area contributed by atoms with Gasteiger partial charge in [-0.15, -0.1) is 0 Å². The molecule has 0 N–H and O–H groups in total. The Bertz CT molecular complexity index is 920. The summed E-state index contributed by atoms with van der Waals surface area (Å²) >= 11 is 0. The van der Waals surface area contributed by atoms with Gasteiger partial charge in [-0.2, -0.15) is 0 Å². The van der Waals surface area contributed by atoms with Crippen molar-refractivity contribution < 1.29 is 48.1 Å². The molecule has 164 valence electrons. The van der Waals surface area contributed by atoms with Gasteiger partial charge >= 0.3 is 37.4 Å². The van der Waals surface area contributed by atoms with Crippen molar-refractivity contribution in [3.63, 3.8) is 0 Å². The van der Waals surface area contributed by atoms with E-state index in [0.717, 1.165) is 22.3 Å². The predicted octanol–water partition coefficient (Wildman–Crippen LogP) is 4.01. The predicted molar refractivity (Wildman–Crippen MR) is 121 cm³/mol. The van der Waals surface area contributed by atoms with Crippen LogP contribution in [0.15, 0.2) is 24.3 Å². The molecule has 1 aliphatic heterocycles. The maximum Gasteiger partial charge on any atom is 1.00 e. The second-order valence-electron chi connectivity index (χ2n) is 9.62. The summed E-state index contributed by atoms with van der Waals surface area (Å²) in [5, 5.41) is 0. The Morgan fingerprint density at radius 1 is 0.710 bits per heavy atom. The fourth-order valence-corrected chi connectivity index (χ4v) is 4.86. The van der Waals surface area contributed by atoms with Crippen LogP contribution >= 0.6 is 7.82 Å². The number of hydrogen-bond donors (Lipinski definition) is 0. The van der Waals surface area contributed by atoms with Gasteiger partial charge in [-0.3, -0.25) is 0 Å². The molecule has 0 unspecified atom stereocenters. The topological polar surface area (TPSA) is 58.6 Å². The summed E-state index contributed by atoms with van der Waals surface area (Å²) in [4.78, 5) is 12.9. The van der Waals surface area contributed by atoms with Gasteiger partial charge in [0.15, 0.2) is 0 Å². The van der Waals surface area contributed by atoms with Crippen LogP contribution in [0.2, 0.25) is 0 Å². The Morgan fingerprint density at radius 3 is 1.35 bits per heavy atom. The number of phosphoric ester groups is 1. The van der Waals surface area contributed by atoms with E-state index < -0.39 is 7.82 Å². The molecular weight excluding hydrogens is 418 g/mol. The number of fused-ring (bicyclic) bond motifs is 2. The Balaban J connectivity index is 0.00000341. The van der Waals surface area contributed by atoms with E-state index >= 15 is 0 Å². The van der Waals surface area contributed by atoms with Gasteiger partial charge in [-0.25, -0.2) is 4.57 Å². The van der Waals surface area contributed by atoms with Gasteiger partial charge in [0.1, 0.15) is 11.5 Å². The van der Waals surface area contributed by atoms with E-state index in [4.69, 9.17) is 9.05 Å². The van der Waals surface area contributed by atoms with Gasteiger partial charge in [-0.1, -0.05) is 79.7 Å². The average molecular weight is 453 g/mol. The maximum absolute atomic E-state index is 12.9. The molecule has 2 aromatic rings. The SMILES string of the molecule is CC(C)c1cc2c(c(C(C)C)c1)OP(=O)([O-])Oc1c(cc(C(C)C)cc1C(C)C)C2.[Na+]. The van der Waals surface area contributed by atoms with Gasteiger partial charge in [0.25, 0.3) is 0 Å². The van der Waals surface area contributed by atoms with Crippen LogP contribution in [-0.4, -0.2) is 0 Å². The van der Waals surface area contributed by atoms with E-state index in [1.807, 2.05) is 0 Å². The number of hydrogen-bond acceptors (Lipinski definition) is 4. The third kappa shape index (κ3) is 5.78. The molecule has 2 aromatic carbocycles. The molecule has 1 aliphatic rings. The Labute approximate surface area is 209 Å². The summed E-state index contributed by atoms with van der Waals surface area (Å²) in [5.41, 5.74) is 6.00. The van der Waals surface area contributed by atoms with Crippen LogP contribution in [0, 0.1) is 0 Å². The van der Waals surface area contributed by atoms with Crippen LogP contribution in [0.5, 0.6) is 11.5 Å². The molecule has 31 heavy (non-hydrogen) atoms. The maximum atomic E-state index is 12.9. The number of benzene rings is 2. The first-order valence-electron chi connectivity index (χ1n) is 10.9. The van der Waals surface area contributed by atoms with Crippen LogP contribution in [0.25, 0.3) is 0 Å². The second-order valence-corrected chi connectivity index (χ2v) is 10.9. The van der Waals surface area contributed by atoms with Crippen molar-refractivity contribution in [2.45, 2.75) is 85.5 Å². The average Bonchev–Trinajstić information content (AvgIpc) is 2.61. The fourth-order valence-electron chi connectivity index (χ4n) is 3.93. The summed E-state index contributed by atoms with van der Waals surface area (Å²) in [6.07, 6.45) is 0.575.